The van der Waals surface area contributed by atoms with Gasteiger partial charge in [0.2, 0.25) is 11.8 Å². The van der Waals surface area contributed by atoms with Gasteiger partial charge in [0, 0.05) is 16.5 Å². The first-order valence-electron chi connectivity index (χ1n) is 13.3. The molecule has 1 fully saturated rings. The smallest absolute Gasteiger partial charge is 0.416 e. The van der Waals surface area contributed by atoms with Gasteiger partial charge in [0.15, 0.2) is 18.1 Å². The molecule has 0 bridgehead atoms. The second-order valence-corrected chi connectivity index (χ2v) is 12.2. The Morgan fingerprint density at radius 2 is 1.76 bits per heavy atom. The van der Waals surface area contributed by atoms with Crippen molar-refractivity contribution in [1.82, 2.24) is 4.98 Å². The lowest BCUT2D eigenvalue weighted by atomic mass is 9.83. The molecule has 15 heteroatoms. The summed E-state index contributed by atoms with van der Waals surface area (Å²) in [6, 6.07) is 13.9. The lowest BCUT2D eigenvalue weighted by Gasteiger charge is -2.30. The third-order valence-electron chi connectivity index (χ3n) is 7.29. The van der Waals surface area contributed by atoms with Crippen molar-refractivity contribution in [3.05, 3.63) is 98.2 Å². The largest absolute Gasteiger partial charge is 0.493 e. The molecule has 0 radical (unpaired) electrons. The van der Waals surface area contributed by atoms with E-state index in [2.05, 4.69) is 10.3 Å². The van der Waals surface area contributed by atoms with Crippen molar-refractivity contribution in [1.29, 1.82) is 0 Å². The molecule has 232 valence electrons. The van der Waals surface area contributed by atoms with Crippen LogP contribution in [-0.4, -0.2) is 41.7 Å². The summed E-state index contributed by atoms with van der Waals surface area (Å²) in [5.41, 5.74) is -0.221. The Balaban J connectivity index is 1.26. The molecular formula is C30H21F4N3O6S2. The number of rotatable bonds is 7. The molecule has 2 aliphatic heterocycles. The van der Waals surface area contributed by atoms with Crippen molar-refractivity contribution >= 4 is 52.2 Å². The van der Waals surface area contributed by atoms with Gasteiger partial charge in [-0.1, -0.05) is 35.2 Å². The van der Waals surface area contributed by atoms with E-state index in [1.807, 2.05) is 0 Å². The minimum Gasteiger partial charge on any atom is -0.493 e. The summed E-state index contributed by atoms with van der Waals surface area (Å²) in [5, 5.41) is 1.95. The van der Waals surface area contributed by atoms with E-state index < -0.39 is 59.0 Å². The van der Waals surface area contributed by atoms with Gasteiger partial charge < -0.3 is 19.8 Å². The summed E-state index contributed by atoms with van der Waals surface area (Å²) < 4.78 is 63.7. The number of carbonyl (C=O) groups is 3. The lowest BCUT2D eigenvalue weighted by molar-refractivity contribution is -0.137. The topological polar surface area (TPSA) is 118 Å². The maximum absolute atomic E-state index is 13.8. The molecule has 3 aromatic carbocycles. The molecule has 6 rings (SSSR count). The van der Waals surface area contributed by atoms with Crippen LogP contribution >= 0.6 is 23.1 Å². The highest BCUT2D eigenvalue weighted by Crippen LogP contribution is 2.53. The standard InChI is InChI=1S/C30H21F4N3O6S2/c1-42-20-11-14(5-10-19(20)43-13-21(38)35-17-4-2-3-15(12-17)30(32,33)34)22-23-25(44-26-24(22)45-29(41)36-26)28(40)37(27(23)39)18-8-6-16(31)7-9-18/h2-12,22-23,25H,13H2,1H3,(H,35,38)(H,36,41). The number of thiazole rings is 1. The van der Waals surface area contributed by atoms with Crippen molar-refractivity contribution < 1.29 is 41.4 Å². The van der Waals surface area contributed by atoms with Gasteiger partial charge in [-0.05, 0) is 60.2 Å². The minimum absolute atomic E-state index is 0.0581. The van der Waals surface area contributed by atoms with Gasteiger partial charge in [0.25, 0.3) is 5.91 Å². The van der Waals surface area contributed by atoms with Gasteiger partial charge in [-0.2, -0.15) is 13.2 Å². The van der Waals surface area contributed by atoms with Crippen molar-refractivity contribution in [2.24, 2.45) is 5.92 Å². The summed E-state index contributed by atoms with van der Waals surface area (Å²) in [7, 11) is 1.36. The Bertz CT molecular complexity index is 1870. The highest BCUT2D eigenvalue weighted by molar-refractivity contribution is 8.00. The molecular weight excluding hydrogens is 638 g/mol. The average molecular weight is 660 g/mol. The normalized spacial score (nSPS) is 19.2. The number of benzene rings is 3. The fourth-order valence-corrected chi connectivity index (χ4v) is 7.85. The number of alkyl halides is 3. The molecule has 3 heterocycles. The van der Waals surface area contributed by atoms with Gasteiger partial charge in [-0.3, -0.25) is 19.2 Å². The van der Waals surface area contributed by atoms with E-state index in [0.717, 1.165) is 52.3 Å². The Hall–Kier alpha value is -4.63. The number of fused-ring (bicyclic) bond motifs is 2. The third kappa shape index (κ3) is 5.80. The molecule has 0 spiro atoms. The zero-order valence-electron chi connectivity index (χ0n) is 23.0. The second-order valence-electron chi connectivity index (χ2n) is 10.1. The molecule has 0 saturated carbocycles. The number of ether oxygens (including phenoxy) is 2. The first-order chi connectivity index (χ1) is 21.4. The number of thioether (sulfide) groups is 1. The molecule has 9 nitrogen and oxygen atoms in total. The monoisotopic (exact) mass is 659 g/mol. The van der Waals surface area contributed by atoms with Crippen molar-refractivity contribution in [2.45, 2.75) is 22.4 Å². The van der Waals surface area contributed by atoms with Crippen LogP contribution in [0.3, 0.4) is 0 Å². The zero-order chi connectivity index (χ0) is 32.0. The Morgan fingerprint density at radius 3 is 2.47 bits per heavy atom. The first-order valence-corrected chi connectivity index (χ1v) is 14.9. The van der Waals surface area contributed by atoms with Crippen molar-refractivity contribution in [3.8, 4) is 11.5 Å². The highest BCUT2D eigenvalue weighted by atomic mass is 32.2. The Morgan fingerprint density at radius 1 is 1.00 bits per heavy atom. The van der Waals surface area contributed by atoms with E-state index in [9.17, 15) is 36.7 Å². The number of amides is 3. The molecule has 0 aliphatic carbocycles. The number of halogens is 4. The number of aromatic amines is 1. The zero-order valence-corrected chi connectivity index (χ0v) is 24.6. The SMILES string of the molecule is COc1cc(C2c3sc(=O)[nH]c3SC3C(=O)N(c4ccc(F)cc4)C(=O)C32)ccc1OCC(=O)Nc1cccc(C(F)(F)F)c1. The molecule has 1 saturated heterocycles. The number of imide groups is 1. The van der Waals surface area contributed by atoms with Gasteiger partial charge >= 0.3 is 11.0 Å². The number of nitrogens with zero attached hydrogens (tertiary/aromatic N) is 1. The Labute approximate surface area is 260 Å². The number of methoxy groups -OCH3 is 1. The van der Waals surface area contributed by atoms with Crippen LogP contribution in [0.25, 0.3) is 0 Å². The molecule has 45 heavy (non-hydrogen) atoms. The second kappa shape index (κ2) is 11.7. The molecule has 3 atom stereocenters. The van der Waals surface area contributed by atoms with Gasteiger partial charge in [0.05, 0.1) is 29.3 Å². The van der Waals surface area contributed by atoms with Crippen LogP contribution in [0.4, 0.5) is 28.9 Å². The third-order valence-corrected chi connectivity index (χ3v) is 9.69. The van der Waals surface area contributed by atoms with E-state index >= 15 is 0 Å². The summed E-state index contributed by atoms with van der Waals surface area (Å²) in [6.07, 6.45) is -4.57. The molecule has 2 aliphatic rings. The van der Waals surface area contributed by atoms with E-state index in [1.165, 1.54) is 37.4 Å². The average Bonchev–Trinajstić information content (AvgIpc) is 3.50. The van der Waals surface area contributed by atoms with Crippen LogP contribution in [0, 0.1) is 11.7 Å². The van der Waals surface area contributed by atoms with Crippen LogP contribution in [0.5, 0.6) is 11.5 Å². The minimum atomic E-state index is -4.57. The van der Waals surface area contributed by atoms with Gasteiger partial charge in [-0.15, -0.1) is 0 Å². The first kappa shape index (κ1) is 30.4. The summed E-state index contributed by atoms with van der Waals surface area (Å²) >= 11 is 2.01. The van der Waals surface area contributed by atoms with E-state index in [4.69, 9.17) is 9.47 Å². The van der Waals surface area contributed by atoms with Crippen LogP contribution in [0.15, 0.2) is 76.6 Å². The van der Waals surface area contributed by atoms with Crippen molar-refractivity contribution in [3.63, 3.8) is 0 Å². The number of H-pyrrole nitrogens is 1. The molecule has 2 N–H and O–H groups in total. The van der Waals surface area contributed by atoms with Crippen molar-refractivity contribution in [2.75, 3.05) is 23.9 Å². The molecule has 3 amide bonds. The number of hydrogen-bond donors (Lipinski definition) is 2. The number of hydrogen-bond acceptors (Lipinski definition) is 8. The fraction of sp³-hybridized carbons (Fsp3) is 0.200. The van der Waals surface area contributed by atoms with Crippen LogP contribution < -0.4 is 24.6 Å². The molecule has 1 aromatic heterocycles. The molecule has 4 aromatic rings. The summed E-state index contributed by atoms with van der Waals surface area (Å²) in [5.74, 6) is -3.58. The Kier molecular flexibility index (Phi) is 7.91. The summed E-state index contributed by atoms with van der Waals surface area (Å²) in [4.78, 5) is 56.1. The molecule has 3 unspecified atom stereocenters. The van der Waals surface area contributed by atoms with Gasteiger partial charge in [-0.25, -0.2) is 9.29 Å². The van der Waals surface area contributed by atoms with E-state index in [0.29, 0.717) is 15.5 Å². The highest BCUT2D eigenvalue weighted by Gasteiger charge is 2.56. The number of nitrogens with one attached hydrogen (secondary N) is 2. The number of carbonyl (C=O) groups excluding carboxylic acids is 3. The number of aromatic nitrogens is 1. The maximum Gasteiger partial charge on any atom is 0.416 e. The van der Waals surface area contributed by atoms with Gasteiger partial charge in [0.1, 0.15) is 11.1 Å². The maximum atomic E-state index is 13.8. The van der Waals surface area contributed by atoms with E-state index in [1.54, 1.807) is 12.1 Å². The van der Waals surface area contributed by atoms with Crippen LogP contribution in [0.1, 0.15) is 21.9 Å². The quantitative estimate of drug-likeness (QED) is 0.201. The lowest BCUT2D eigenvalue weighted by Crippen LogP contribution is -2.32. The number of anilines is 2. The van der Waals surface area contributed by atoms with Crippen LogP contribution in [-0.2, 0) is 20.6 Å². The summed E-state index contributed by atoms with van der Waals surface area (Å²) in [6.45, 7) is -0.556. The fourth-order valence-electron chi connectivity index (χ4n) is 5.33. The van der Waals surface area contributed by atoms with Crippen LogP contribution in [0.2, 0.25) is 0 Å². The predicted molar refractivity (Wildman–Crippen MR) is 157 cm³/mol. The van der Waals surface area contributed by atoms with E-state index in [-0.39, 0.29) is 27.7 Å². The predicted octanol–water partition coefficient (Wildman–Crippen LogP) is 5.42.